The summed E-state index contributed by atoms with van der Waals surface area (Å²) < 4.78 is 0. The molecule has 0 bridgehead atoms. The van der Waals surface area contributed by atoms with Gasteiger partial charge in [-0.15, -0.1) is 0 Å². The fourth-order valence-electron chi connectivity index (χ4n) is 6.98. The quantitative estimate of drug-likeness (QED) is 0.558. The van der Waals surface area contributed by atoms with Gasteiger partial charge in [-0.1, -0.05) is 56.2 Å². The molecular formula is C29H37N3O2S. The number of carboxylic acids is 1. The van der Waals surface area contributed by atoms with Gasteiger partial charge in [-0.2, -0.15) is 0 Å². The highest BCUT2D eigenvalue weighted by Gasteiger charge is 2.42. The van der Waals surface area contributed by atoms with E-state index in [1.54, 1.807) is 0 Å². The number of fused-ring (bicyclic) bond motifs is 4. The fraction of sp³-hybridized carbons (Fsp3) is 0.586. The molecule has 0 radical (unpaired) electrons. The largest absolute Gasteiger partial charge is 0.476 e. The van der Waals surface area contributed by atoms with Gasteiger partial charge in [0.25, 0.3) is 0 Å². The Hall–Kier alpha value is -2.05. The number of thioether (sulfide) groups is 1. The summed E-state index contributed by atoms with van der Waals surface area (Å²) in [7, 11) is 0. The molecule has 6 heteroatoms. The Bertz CT molecular complexity index is 1090. The van der Waals surface area contributed by atoms with E-state index in [2.05, 4.69) is 46.1 Å². The van der Waals surface area contributed by atoms with Crippen LogP contribution >= 0.6 is 11.8 Å². The number of likely N-dealkylation sites (tertiary alicyclic amines) is 1. The molecule has 3 aliphatic heterocycles. The first-order valence-corrected chi connectivity index (χ1v) is 14.4. The first-order chi connectivity index (χ1) is 17.1. The van der Waals surface area contributed by atoms with Gasteiger partial charge in [0.15, 0.2) is 5.04 Å². The molecule has 35 heavy (non-hydrogen) atoms. The molecule has 2 atom stereocenters. The van der Waals surface area contributed by atoms with Crippen molar-refractivity contribution in [3.8, 4) is 0 Å². The number of hydrogen-bond donors (Lipinski definition) is 1. The second-order valence-corrected chi connectivity index (χ2v) is 12.2. The van der Waals surface area contributed by atoms with Crippen molar-refractivity contribution in [3.05, 3.63) is 57.2 Å². The van der Waals surface area contributed by atoms with E-state index in [0.717, 1.165) is 25.6 Å². The first kappa shape index (κ1) is 23.4. The molecule has 2 fully saturated rings. The maximum atomic E-state index is 11.9. The van der Waals surface area contributed by atoms with Gasteiger partial charge < -0.3 is 14.9 Å². The van der Waals surface area contributed by atoms with Gasteiger partial charge in [0.1, 0.15) is 0 Å². The monoisotopic (exact) mass is 491 g/mol. The lowest BCUT2D eigenvalue weighted by molar-refractivity contribution is -0.129. The van der Waals surface area contributed by atoms with Crippen molar-refractivity contribution < 1.29 is 9.90 Å². The van der Waals surface area contributed by atoms with Crippen molar-refractivity contribution in [2.45, 2.75) is 51.9 Å². The van der Waals surface area contributed by atoms with Gasteiger partial charge in [-0.05, 0) is 71.9 Å². The molecule has 6 rings (SSSR count). The van der Waals surface area contributed by atoms with Crippen molar-refractivity contribution in [1.82, 2.24) is 9.80 Å². The lowest BCUT2D eigenvalue weighted by Crippen LogP contribution is -2.39. The molecule has 5 nitrogen and oxygen atoms in total. The number of hydrogen-bond acceptors (Lipinski definition) is 5. The number of nitrogens with zero attached hydrogens (tertiary/aromatic N) is 3. The highest BCUT2D eigenvalue weighted by Crippen LogP contribution is 2.55. The molecule has 3 heterocycles. The molecule has 186 valence electrons. The molecule has 0 spiro atoms. The molecule has 1 N–H and O–H groups in total. The van der Waals surface area contributed by atoms with E-state index in [0.29, 0.717) is 18.4 Å². The summed E-state index contributed by atoms with van der Waals surface area (Å²) in [6.45, 7) is 8.23. The van der Waals surface area contributed by atoms with Crippen molar-refractivity contribution in [3.63, 3.8) is 0 Å². The Balaban J connectivity index is 1.38. The van der Waals surface area contributed by atoms with Crippen LogP contribution in [0.5, 0.6) is 0 Å². The molecule has 3 aliphatic carbocycles. The number of rotatable bonds is 5. The minimum absolute atomic E-state index is 0.246. The van der Waals surface area contributed by atoms with Crippen molar-refractivity contribution in [1.29, 1.82) is 0 Å². The fourth-order valence-corrected chi connectivity index (χ4v) is 8.00. The van der Waals surface area contributed by atoms with Gasteiger partial charge in [-0.3, -0.25) is 4.99 Å². The predicted molar refractivity (Wildman–Crippen MR) is 143 cm³/mol. The van der Waals surface area contributed by atoms with Crippen molar-refractivity contribution in [2.24, 2.45) is 22.7 Å². The van der Waals surface area contributed by atoms with E-state index in [1.807, 2.05) is 0 Å². The Morgan fingerprint density at radius 3 is 2.80 bits per heavy atom. The van der Waals surface area contributed by atoms with Crippen LogP contribution in [0.1, 0.15) is 51.9 Å². The lowest BCUT2D eigenvalue weighted by Gasteiger charge is -2.33. The molecule has 1 saturated carbocycles. The molecule has 2 unspecified atom stereocenters. The normalized spacial score (nSPS) is 29.4. The van der Waals surface area contributed by atoms with Crippen LogP contribution in [0.4, 0.5) is 0 Å². The number of aliphatic carboxylic acids is 1. The molecule has 0 amide bonds. The van der Waals surface area contributed by atoms with Crippen LogP contribution in [-0.2, 0) is 4.79 Å². The topological polar surface area (TPSA) is 56.1 Å². The van der Waals surface area contributed by atoms with Crippen LogP contribution < -0.4 is 0 Å². The Labute approximate surface area is 213 Å². The van der Waals surface area contributed by atoms with Crippen LogP contribution in [0.25, 0.3) is 0 Å². The van der Waals surface area contributed by atoms with Gasteiger partial charge >= 0.3 is 5.97 Å². The second kappa shape index (κ2) is 9.78. The molecule has 0 aromatic carbocycles. The number of carboxylic acid groups (broad SMARTS) is 1. The molecule has 0 aromatic heterocycles. The highest BCUT2D eigenvalue weighted by atomic mass is 32.2. The summed E-state index contributed by atoms with van der Waals surface area (Å²) in [6, 6.07) is 0. The van der Waals surface area contributed by atoms with Crippen molar-refractivity contribution >= 4 is 22.8 Å². The summed E-state index contributed by atoms with van der Waals surface area (Å²) in [5.41, 5.74) is 7.04. The van der Waals surface area contributed by atoms with Crippen molar-refractivity contribution in [2.75, 3.05) is 39.3 Å². The SMILES string of the molecule is CC1CCCN(CCN2C=C3C(=C(C4CCCCC4)C4=CC=CC34)C3=C(CN=C(C(=O)O)S3)C2)C1. The summed E-state index contributed by atoms with van der Waals surface area (Å²) >= 11 is 1.41. The van der Waals surface area contributed by atoms with E-state index in [1.165, 1.54) is 103 Å². The summed E-state index contributed by atoms with van der Waals surface area (Å²) in [5.74, 6) is 0.794. The minimum Gasteiger partial charge on any atom is -0.476 e. The average molecular weight is 492 g/mol. The third-order valence-electron chi connectivity index (χ3n) is 8.64. The standard InChI is InChI=1S/C29H37N3O2S/c1-19-7-6-12-31(16-19)13-14-32-17-21-15-30-28(29(33)34)35-27(21)26-24(18-32)22-10-5-11-23(22)25(26)20-8-3-2-4-9-20/h5,10-11,18-20,22H,2-4,6-9,12-17H2,1H3,(H,33,34). The summed E-state index contributed by atoms with van der Waals surface area (Å²) in [5, 5.41) is 10.0. The average Bonchev–Trinajstić information content (AvgIpc) is 3.40. The zero-order valence-corrected chi connectivity index (χ0v) is 21.7. The molecule has 0 aromatic rings. The van der Waals surface area contributed by atoms with Gasteiger partial charge in [0.2, 0.25) is 0 Å². The Morgan fingerprint density at radius 2 is 2.00 bits per heavy atom. The van der Waals surface area contributed by atoms with Gasteiger partial charge in [0.05, 0.1) is 6.54 Å². The maximum absolute atomic E-state index is 11.9. The third kappa shape index (κ3) is 4.48. The Morgan fingerprint density at radius 1 is 1.14 bits per heavy atom. The van der Waals surface area contributed by atoms with Gasteiger partial charge in [0, 0.05) is 43.2 Å². The first-order valence-electron chi connectivity index (χ1n) is 13.6. The van der Waals surface area contributed by atoms with Crippen LogP contribution in [0.3, 0.4) is 0 Å². The van der Waals surface area contributed by atoms with Crippen LogP contribution in [0.2, 0.25) is 0 Å². The van der Waals surface area contributed by atoms with E-state index in [9.17, 15) is 9.90 Å². The molecule has 1 saturated heterocycles. The van der Waals surface area contributed by atoms with E-state index < -0.39 is 5.97 Å². The molecule has 6 aliphatic rings. The Kier molecular flexibility index (Phi) is 6.52. The van der Waals surface area contributed by atoms with Gasteiger partial charge in [-0.25, -0.2) is 4.79 Å². The van der Waals surface area contributed by atoms with E-state index in [4.69, 9.17) is 0 Å². The summed E-state index contributed by atoms with van der Waals surface area (Å²) in [4.78, 5) is 22.7. The number of aliphatic imine (C=N–C) groups is 1. The molecular weight excluding hydrogens is 454 g/mol. The van der Waals surface area contributed by atoms with Crippen LogP contribution in [0, 0.1) is 17.8 Å². The minimum atomic E-state index is -0.899. The number of carbonyl (C=O) groups is 1. The van der Waals surface area contributed by atoms with Crippen LogP contribution in [-0.4, -0.2) is 65.2 Å². The van der Waals surface area contributed by atoms with E-state index >= 15 is 0 Å². The smallest absolute Gasteiger partial charge is 0.361 e. The predicted octanol–water partition coefficient (Wildman–Crippen LogP) is 5.40. The third-order valence-corrected chi connectivity index (χ3v) is 9.83. The number of allylic oxidation sites excluding steroid dienone is 7. The second-order valence-electron chi connectivity index (χ2n) is 11.2. The van der Waals surface area contributed by atoms with E-state index in [-0.39, 0.29) is 5.04 Å². The maximum Gasteiger partial charge on any atom is 0.361 e. The zero-order valence-electron chi connectivity index (χ0n) is 20.8. The zero-order chi connectivity index (χ0) is 23.9. The lowest BCUT2D eigenvalue weighted by atomic mass is 9.80. The highest BCUT2D eigenvalue weighted by molar-refractivity contribution is 8.19. The number of piperidine rings is 1. The summed E-state index contributed by atoms with van der Waals surface area (Å²) in [6.07, 6.45) is 18.4. The van der Waals surface area contributed by atoms with Crippen LogP contribution in [0.15, 0.2) is 62.2 Å².